The van der Waals surface area contributed by atoms with Crippen molar-refractivity contribution in [2.75, 3.05) is 32.8 Å². The van der Waals surface area contributed by atoms with E-state index in [1.54, 1.807) is 18.2 Å². The first kappa shape index (κ1) is 42.7. The molecular weight excluding hydrogens is 793 g/mol. The number of carbonyl (C=O) groups is 1. The zero-order valence-corrected chi connectivity index (χ0v) is 32.7. The summed E-state index contributed by atoms with van der Waals surface area (Å²) in [7, 11) is 0. The van der Waals surface area contributed by atoms with Crippen LogP contribution in [-0.2, 0) is 24.6 Å². The maximum absolute atomic E-state index is 11.0. The summed E-state index contributed by atoms with van der Waals surface area (Å²) in [6.07, 6.45) is -1.56. The van der Waals surface area contributed by atoms with E-state index >= 15 is 0 Å². The summed E-state index contributed by atoms with van der Waals surface area (Å²) in [5, 5.41) is 53.9. The van der Waals surface area contributed by atoms with E-state index in [2.05, 4.69) is 15.6 Å². The number of aromatic nitrogens is 1. The lowest BCUT2D eigenvalue weighted by Gasteiger charge is -2.17. The predicted octanol–water partition coefficient (Wildman–Crippen LogP) is 7.16. The normalized spacial score (nSPS) is 11.4. The lowest BCUT2D eigenvalue weighted by Crippen LogP contribution is -2.28. The number of aliphatic hydroxyl groups excluding tert-OH is 2. The number of nitrogens with zero attached hydrogens (tertiary/aromatic N) is 3. The number of aliphatic hydroxyl groups is 2. The molecule has 0 bridgehead atoms. The Labute approximate surface area is 344 Å². The SMILES string of the molecule is N#Cc1cc(C#N)cc(COc2nc(OCc3cccc(-c4cccc(-c5ccc(OCCNCCO)cc5)c4Cl)c3Cl)c(Cl)cc2CNC[C@@H](O)CC(=O)O)c1. The third-order valence-electron chi connectivity index (χ3n) is 8.45. The first-order valence-electron chi connectivity index (χ1n) is 17.7. The smallest absolute Gasteiger partial charge is 0.306 e. The number of carboxylic acids is 1. The zero-order valence-electron chi connectivity index (χ0n) is 30.5. The number of aliphatic carboxylic acids is 1. The summed E-state index contributed by atoms with van der Waals surface area (Å²) < 4.78 is 17.9. The average molecular weight is 831 g/mol. The number of ether oxygens (including phenoxy) is 3. The van der Waals surface area contributed by atoms with Crippen molar-refractivity contribution in [2.45, 2.75) is 32.3 Å². The van der Waals surface area contributed by atoms with Crippen LogP contribution in [-0.4, -0.2) is 65.2 Å². The number of pyridine rings is 1. The van der Waals surface area contributed by atoms with E-state index in [-0.39, 0.29) is 49.7 Å². The van der Waals surface area contributed by atoms with Crippen molar-refractivity contribution in [1.29, 1.82) is 10.5 Å². The fourth-order valence-electron chi connectivity index (χ4n) is 5.73. The minimum absolute atomic E-state index is 0.0221. The molecule has 1 atom stereocenters. The lowest BCUT2D eigenvalue weighted by molar-refractivity contribution is -0.139. The third-order valence-corrected chi connectivity index (χ3v) is 9.57. The second-order valence-electron chi connectivity index (χ2n) is 12.6. The molecule has 1 aromatic heterocycles. The number of nitrogens with one attached hydrogen (secondary N) is 2. The molecule has 5 rings (SSSR count). The molecule has 57 heavy (non-hydrogen) atoms. The minimum Gasteiger partial charge on any atom is -0.492 e. The molecule has 12 nitrogen and oxygen atoms in total. The van der Waals surface area contributed by atoms with Gasteiger partial charge in [0, 0.05) is 54.0 Å². The molecule has 15 heteroatoms. The van der Waals surface area contributed by atoms with Gasteiger partial charge in [0.25, 0.3) is 0 Å². The number of rotatable bonds is 20. The average Bonchev–Trinajstić information content (AvgIpc) is 3.20. The number of hydrogen-bond donors (Lipinski definition) is 5. The van der Waals surface area contributed by atoms with Gasteiger partial charge in [0.2, 0.25) is 11.8 Å². The summed E-state index contributed by atoms with van der Waals surface area (Å²) in [5.41, 5.74) is 5.35. The van der Waals surface area contributed by atoms with Gasteiger partial charge < -0.3 is 40.2 Å². The van der Waals surface area contributed by atoms with Crippen LogP contribution in [0.4, 0.5) is 0 Å². The van der Waals surface area contributed by atoms with Gasteiger partial charge in [0.05, 0.1) is 52.4 Å². The van der Waals surface area contributed by atoms with Gasteiger partial charge in [-0.15, -0.1) is 0 Å². The Hall–Kier alpha value is -5.41. The topological polar surface area (TPSA) is 190 Å². The number of halogens is 3. The van der Waals surface area contributed by atoms with Crippen LogP contribution in [0.2, 0.25) is 15.1 Å². The summed E-state index contributed by atoms with van der Waals surface area (Å²) in [4.78, 5) is 15.5. The standard InChI is InChI=1S/C42H38Cl3N5O7/c43-37-18-31(22-49-23-32(52)19-38(53)54)41(56-24-28-16-26(20-46)15-27(17-28)21-47)50-42(37)57-25-30-3-1-5-35(39(30)44)36-6-2-4-34(40(36)45)29-7-9-33(10-8-29)55-14-12-48-11-13-51/h1-10,15-18,32,48-49,51-52H,11-14,19,22-25H2,(H,53,54)/t32-/m0/s1. The van der Waals surface area contributed by atoms with E-state index in [9.17, 15) is 20.4 Å². The number of nitriles is 2. The minimum atomic E-state index is -1.13. The van der Waals surface area contributed by atoms with Gasteiger partial charge in [-0.25, -0.2) is 0 Å². The molecule has 0 unspecified atom stereocenters. The lowest BCUT2D eigenvalue weighted by atomic mass is 9.97. The van der Waals surface area contributed by atoms with Gasteiger partial charge >= 0.3 is 5.97 Å². The number of carboxylic acid groups (broad SMARTS) is 1. The molecule has 0 spiro atoms. The first-order chi connectivity index (χ1) is 27.6. The highest BCUT2D eigenvalue weighted by Gasteiger charge is 2.18. The van der Waals surface area contributed by atoms with Crippen LogP contribution in [0.1, 0.15) is 34.2 Å². The third kappa shape index (κ3) is 12.0. The maximum Gasteiger partial charge on any atom is 0.306 e. The molecule has 0 aliphatic rings. The fraction of sp³-hybridized carbons (Fsp3) is 0.238. The Morgan fingerprint density at radius 3 is 2.12 bits per heavy atom. The van der Waals surface area contributed by atoms with Crippen molar-refractivity contribution in [2.24, 2.45) is 0 Å². The summed E-state index contributed by atoms with van der Waals surface area (Å²) in [6.45, 7) is 1.66. The molecular formula is C42H38Cl3N5O7. The van der Waals surface area contributed by atoms with Gasteiger partial charge in [-0.1, -0.05) is 83.3 Å². The van der Waals surface area contributed by atoms with Crippen molar-refractivity contribution in [3.8, 4) is 51.9 Å². The van der Waals surface area contributed by atoms with Crippen molar-refractivity contribution < 1.29 is 34.3 Å². The van der Waals surface area contributed by atoms with Gasteiger partial charge in [-0.2, -0.15) is 15.5 Å². The highest BCUT2D eigenvalue weighted by molar-refractivity contribution is 6.38. The van der Waals surface area contributed by atoms with Gasteiger partial charge in [-0.3, -0.25) is 4.79 Å². The van der Waals surface area contributed by atoms with Gasteiger partial charge in [0.15, 0.2) is 0 Å². The molecule has 0 saturated carbocycles. The molecule has 5 aromatic rings. The van der Waals surface area contributed by atoms with Crippen molar-refractivity contribution in [1.82, 2.24) is 15.6 Å². The van der Waals surface area contributed by atoms with Crippen LogP contribution in [0.15, 0.2) is 84.9 Å². The second-order valence-corrected chi connectivity index (χ2v) is 13.8. The Morgan fingerprint density at radius 1 is 0.772 bits per heavy atom. The molecule has 294 valence electrons. The molecule has 5 N–H and O–H groups in total. The molecule has 1 heterocycles. The van der Waals surface area contributed by atoms with E-state index < -0.39 is 18.5 Å². The first-order valence-corrected chi connectivity index (χ1v) is 18.8. The Balaban J connectivity index is 1.34. The molecule has 0 amide bonds. The second kappa shape index (κ2) is 21.2. The zero-order chi connectivity index (χ0) is 40.7. The van der Waals surface area contributed by atoms with E-state index in [1.165, 1.54) is 6.07 Å². The maximum atomic E-state index is 11.0. The quantitative estimate of drug-likeness (QED) is 0.0499. The van der Waals surface area contributed by atoms with Crippen LogP contribution in [0.5, 0.6) is 17.5 Å². The molecule has 0 aliphatic carbocycles. The van der Waals surface area contributed by atoms with Crippen LogP contribution in [0, 0.1) is 22.7 Å². The van der Waals surface area contributed by atoms with Crippen molar-refractivity contribution in [3.05, 3.63) is 128 Å². The Morgan fingerprint density at radius 2 is 1.44 bits per heavy atom. The molecule has 0 saturated heterocycles. The van der Waals surface area contributed by atoms with E-state index in [0.717, 1.165) is 11.1 Å². The van der Waals surface area contributed by atoms with Crippen LogP contribution in [0.3, 0.4) is 0 Å². The number of benzene rings is 4. The van der Waals surface area contributed by atoms with Crippen LogP contribution < -0.4 is 24.8 Å². The van der Waals surface area contributed by atoms with Crippen molar-refractivity contribution in [3.63, 3.8) is 0 Å². The van der Waals surface area contributed by atoms with E-state index in [0.29, 0.717) is 74.4 Å². The van der Waals surface area contributed by atoms with E-state index in [1.807, 2.05) is 72.8 Å². The highest BCUT2D eigenvalue weighted by Crippen LogP contribution is 2.41. The molecule has 4 aromatic carbocycles. The van der Waals surface area contributed by atoms with Crippen LogP contribution in [0.25, 0.3) is 22.3 Å². The molecule has 0 radical (unpaired) electrons. The highest BCUT2D eigenvalue weighted by atomic mass is 35.5. The monoisotopic (exact) mass is 829 g/mol. The Kier molecular flexibility index (Phi) is 15.9. The summed E-state index contributed by atoms with van der Waals surface area (Å²) in [6, 6.07) is 29.1. The summed E-state index contributed by atoms with van der Waals surface area (Å²) >= 11 is 20.7. The largest absolute Gasteiger partial charge is 0.492 e. The predicted molar refractivity (Wildman–Crippen MR) is 217 cm³/mol. The van der Waals surface area contributed by atoms with E-state index in [4.69, 9.17) is 59.2 Å². The van der Waals surface area contributed by atoms with Gasteiger partial charge in [0.1, 0.15) is 30.6 Å². The number of hydrogen-bond acceptors (Lipinski definition) is 11. The molecule has 0 fully saturated rings. The molecule has 0 aliphatic heterocycles. The fourth-order valence-corrected chi connectivity index (χ4v) is 6.58. The summed E-state index contributed by atoms with van der Waals surface area (Å²) in [5.74, 6) is -0.264. The van der Waals surface area contributed by atoms with Crippen LogP contribution >= 0.6 is 34.8 Å². The van der Waals surface area contributed by atoms with Gasteiger partial charge in [-0.05, 0) is 47.5 Å². The Bertz CT molecular complexity index is 2230. The van der Waals surface area contributed by atoms with Crippen molar-refractivity contribution >= 4 is 40.8 Å².